The van der Waals surface area contributed by atoms with Crippen molar-refractivity contribution in [3.8, 4) is 0 Å². The number of halogens is 1. The minimum Gasteiger partial charge on any atom is -0.348 e. The lowest BCUT2D eigenvalue weighted by atomic mass is 9.98. The number of benzene rings is 1. The molecule has 5 nitrogen and oxygen atoms in total. The molecule has 0 heterocycles. The van der Waals surface area contributed by atoms with Gasteiger partial charge in [0.05, 0.1) is 17.0 Å². The van der Waals surface area contributed by atoms with Crippen LogP contribution in [0.2, 0.25) is 0 Å². The number of nitrogens with two attached hydrogens (primary N) is 1. The van der Waals surface area contributed by atoms with Gasteiger partial charge in [0.15, 0.2) is 9.84 Å². The van der Waals surface area contributed by atoms with Crippen molar-refractivity contribution >= 4 is 28.2 Å². The first-order valence-corrected chi connectivity index (χ1v) is 8.92. The number of nitrogens with one attached hydrogen (secondary N) is 1. The summed E-state index contributed by atoms with van der Waals surface area (Å²) in [6.45, 7) is 5.78. The maximum Gasteiger partial charge on any atom is 0.237 e. The van der Waals surface area contributed by atoms with Gasteiger partial charge in [-0.05, 0) is 30.5 Å². The van der Waals surface area contributed by atoms with Crippen molar-refractivity contribution in [2.75, 3.05) is 6.26 Å². The van der Waals surface area contributed by atoms with Crippen molar-refractivity contribution in [3.05, 3.63) is 29.8 Å². The molecule has 126 valence electrons. The predicted octanol–water partition coefficient (Wildman–Crippen LogP) is 2.06. The van der Waals surface area contributed by atoms with Crippen molar-refractivity contribution in [3.63, 3.8) is 0 Å². The van der Waals surface area contributed by atoms with Gasteiger partial charge in [0.25, 0.3) is 0 Å². The molecule has 0 aliphatic carbocycles. The second-order valence-corrected chi connectivity index (χ2v) is 7.50. The smallest absolute Gasteiger partial charge is 0.237 e. The number of carbonyl (C=O) groups is 1. The number of carbonyl (C=O) groups excluding carboxylic acids is 1. The van der Waals surface area contributed by atoms with Crippen LogP contribution in [0, 0.1) is 5.92 Å². The Bertz CT molecular complexity index is 587. The average molecular weight is 349 g/mol. The molecular weight excluding hydrogens is 324 g/mol. The first-order chi connectivity index (χ1) is 9.66. The van der Waals surface area contributed by atoms with Crippen LogP contribution >= 0.6 is 12.4 Å². The number of sulfone groups is 1. The summed E-state index contributed by atoms with van der Waals surface area (Å²) in [5, 5.41) is 2.86. The molecule has 7 heteroatoms. The van der Waals surface area contributed by atoms with Crippen LogP contribution in [0.4, 0.5) is 0 Å². The summed E-state index contributed by atoms with van der Waals surface area (Å²) in [7, 11) is -3.20. The molecule has 0 aliphatic rings. The van der Waals surface area contributed by atoms with E-state index in [1.165, 1.54) is 6.26 Å². The molecule has 0 fully saturated rings. The Morgan fingerprint density at radius 2 is 1.73 bits per heavy atom. The Morgan fingerprint density at radius 3 is 2.14 bits per heavy atom. The number of hydrogen-bond donors (Lipinski definition) is 2. The fraction of sp³-hybridized carbons (Fsp3) is 0.533. The van der Waals surface area contributed by atoms with Crippen LogP contribution in [0.15, 0.2) is 29.2 Å². The number of hydrogen-bond acceptors (Lipinski definition) is 4. The van der Waals surface area contributed by atoms with Crippen LogP contribution in [-0.4, -0.2) is 26.6 Å². The van der Waals surface area contributed by atoms with E-state index in [9.17, 15) is 13.2 Å². The molecule has 0 bridgehead atoms. The first-order valence-electron chi connectivity index (χ1n) is 7.02. The van der Waals surface area contributed by atoms with Crippen molar-refractivity contribution in [1.82, 2.24) is 5.32 Å². The van der Waals surface area contributed by atoms with E-state index in [-0.39, 0.29) is 35.2 Å². The summed E-state index contributed by atoms with van der Waals surface area (Å²) in [6, 6.07) is 5.74. The third-order valence-corrected chi connectivity index (χ3v) is 4.86. The van der Waals surface area contributed by atoms with E-state index in [4.69, 9.17) is 5.73 Å². The largest absolute Gasteiger partial charge is 0.348 e. The van der Waals surface area contributed by atoms with Gasteiger partial charge in [0, 0.05) is 6.26 Å². The molecule has 3 N–H and O–H groups in total. The molecule has 3 atom stereocenters. The van der Waals surface area contributed by atoms with Crippen LogP contribution in [0.3, 0.4) is 0 Å². The van der Waals surface area contributed by atoms with E-state index < -0.39 is 15.9 Å². The van der Waals surface area contributed by atoms with E-state index in [1.807, 2.05) is 20.8 Å². The molecule has 0 saturated heterocycles. The van der Waals surface area contributed by atoms with Gasteiger partial charge in [0.1, 0.15) is 0 Å². The summed E-state index contributed by atoms with van der Waals surface area (Å²) in [4.78, 5) is 12.3. The van der Waals surface area contributed by atoms with Gasteiger partial charge in [-0.25, -0.2) is 8.42 Å². The van der Waals surface area contributed by atoms with Crippen molar-refractivity contribution in [2.24, 2.45) is 11.7 Å². The molecule has 22 heavy (non-hydrogen) atoms. The SMILES string of the molecule is CCC(C)C(N)C(=O)NC(C)c1ccc(S(C)(=O)=O)cc1.Cl. The van der Waals surface area contributed by atoms with Crippen molar-refractivity contribution in [2.45, 2.75) is 44.2 Å². The molecule has 1 rings (SSSR count). The quantitative estimate of drug-likeness (QED) is 0.823. The van der Waals surface area contributed by atoms with Crippen LogP contribution < -0.4 is 11.1 Å². The lowest BCUT2D eigenvalue weighted by molar-refractivity contribution is -0.124. The molecular formula is C15H25ClN2O3S. The average Bonchev–Trinajstić information content (AvgIpc) is 2.44. The summed E-state index contributed by atoms with van der Waals surface area (Å²) < 4.78 is 22.8. The fourth-order valence-corrected chi connectivity index (χ4v) is 2.54. The first kappa shape index (κ1) is 20.9. The van der Waals surface area contributed by atoms with Crippen molar-refractivity contribution in [1.29, 1.82) is 0 Å². The van der Waals surface area contributed by atoms with E-state index in [2.05, 4.69) is 5.32 Å². The molecule has 1 aromatic rings. The molecule has 3 unspecified atom stereocenters. The third-order valence-electron chi connectivity index (χ3n) is 3.73. The fourth-order valence-electron chi connectivity index (χ4n) is 1.91. The molecule has 0 aromatic heterocycles. The summed E-state index contributed by atoms with van der Waals surface area (Å²) >= 11 is 0. The molecule has 0 saturated carbocycles. The van der Waals surface area contributed by atoms with E-state index >= 15 is 0 Å². The van der Waals surface area contributed by atoms with Gasteiger partial charge >= 0.3 is 0 Å². The van der Waals surface area contributed by atoms with Gasteiger partial charge in [-0.3, -0.25) is 4.79 Å². The predicted molar refractivity (Wildman–Crippen MR) is 90.8 cm³/mol. The highest BCUT2D eigenvalue weighted by Crippen LogP contribution is 2.17. The third kappa shape index (κ3) is 5.59. The summed E-state index contributed by atoms with van der Waals surface area (Å²) in [5.41, 5.74) is 6.73. The van der Waals surface area contributed by atoms with E-state index in [0.717, 1.165) is 12.0 Å². The van der Waals surface area contributed by atoms with Crippen molar-refractivity contribution < 1.29 is 13.2 Å². The molecule has 0 aliphatic heterocycles. The van der Waals surface area contributed by atoms with Gasteiger partial charge in [0.2, 0.25) is 5.91 Å². The molecule has 1 aromatic carbocycles. The second-order valence-electron chi connectivity index (χ2n) is 5.48. The van der Waals surface area contributed by atoms with Crippen LogP contribution in [0.1, 0.15) is 38.8 Å². The monoisotopic (exact) mass is 348 g/mol. The summed E-state index contributed by atoms with van der Waals surface area (Å²) in [5.74, 6) is -0.0751. The highest BCUT2D eigenvalue weighted by Gasteiger charge is 2.21. The topological polar surface area (TPSA) is 89.3 Å². The minimum absolute atomic E-state index is 0. The molecule has 1 amide bonds. The highest BCUT2D eigenvalue weighted by atomic mass is 35.5. The molecule has 0 spiro atoms. The Balaban J connectivity index is 0.00000441. The Labute approximate surface area is 139 Å². The van der Waals surface area contributed by atoms with Gasteiger partial charge in [-0.1, -0.05) is 32.4 Å². The van der Waals surface area contributed by atoms with E-state index in [0.29, 0.717) is 0 Å². The lowest BCUT2D eigenvalue weighted by Crippen LogP contribution is -2.45. The maximum absolute atomic E-state index is 12.0. The van der Waals surface area contributed by atoms with Gasteiger partial charge in [-0.2, -0.15) is 0 Å². The van der Waals surface area contributed by atoms with Gasteiger partial charge in [-0.15, -0.1) is 12.4 Å². The van der Waals surface area contributed by atoms with Crippen LogP contribution in [0.25, 0.3) is 0 Å². The molecule has 0 radical (unpaired) electrons. The Morgan fingerprint density at radius 1 is 1.23 bits per heavy atom. The van der Waals surface area contributed by atoms with E-state index in [1.54, 1.807) is 24.3 Å². The highest BCUT2D eigenvalue weighted by molar-refractivity contribution is 7.90. The second kappa shape index (κ2) is 8.50. The van der Waals surface area contributed by atoms with Crippen LogP contribution in [-0.2, 0) is 14.6 Å². The van der Waals surface area contributed by atoms with Gasteiger partial charge < -0.3 is 11.1 Å². The lowest BCUT2D eigenvalue weighted by Gasteiger charge is -2.21. The number of rotatable bonds is 6. The maximum atomic E-state index is 12.0. The Kier molecular flexibility index (Phi) is 8.07. The zero-order chi connectivity index (χ0) is 16.2. The minimum atomic E-state index is -3.20. The zero-order valence-electron chi connectivity index (χ0n) is 13.4. The zero-order valence-corrected chi connectivity index (χ0v) is 15.0. The Hall–Kier alpha value is -1.11. The normalized spacial score (nSPS) is 15.3. The standard InChI is InChI=1S/C15H24N2O3S.ClH/c1-5-10(2)14(16)15(18)17-11(3)12-6-8-13(9-7-12)21(4,19)20;/h6-11,14H,5,16H2,1-4H3,(H,17,18);1H. The van der Waals surface area contributed by atoms with Crippen LogP contribution in [0.5, 0.6) is 0 Å². The summed E-state index contributed by atoms with van der Waals surface area (Å²) in [6.07, 6.45) is 2.00. The number of amides is 1.